The maximum Gasteiger partial charge on any atom is 0.342 e. The molecule has 2 fully saturated rings. The highest BCUT2D eigenvalue weighted by Crippen LogP contribution is 2.36. The van der Waals surface area contributed by atoms with E-state index in [-0.39, 0.29) is 23.8 Å². The van der Waals surface area contributed by atoms with Gasteiger partial charge in [-0.1, -0.05) is 26.7 Å². The van der Waals surface area contributed by atoms with Crippen molar-refractivity contribution in [3.05, 3.63) is 16.0 Å². The number of hydrogen-bond donors (Lipinski definition) is 2. The topological polar surface area (TPSA) is 84.5 Å². The van der Waals surface area contributed by atoms with Crippen LogP contribution >= 0.6 is 11.3 Å². The summed E-state index contributed by atoms with van der Waals surface area (Å²) < 4.78 is 5.50. The largest absolute Gasteiger partial charge is 0.449 e. The average molecular weight is 421 g/mol. The molecular formula is C22H32N2O4S. The van der Waals surface area contributed by atoms with Crippen molar-refractivity contribution in [1.29, 1.82) is 0 Å². The van der Waals surface area contributed by atoms with Gasteiger partial charge in [0.2, 0.25) is 5.91 Å². The smallest absolute Gasteiger partial charge is 0.342 e. The van der Waals surface area contributed by atoms with Gasteiger partial charge in [0.25, 0.3) is 5.91 Å². The summed E-state index contributed by atoms with van der Waals surface area (Å²) in [4.78, 5) is 38.6. The second kappa shape index (κ2) is 8.86. The van der Waals surface area contributed by atoms with Crippen LogP contribution in [0.4, 0.5) is 5.00 Å². The monoisotopic (exact) mass is 420 g/mol. The quantitative estimate of drug-likeness (QED) is 0.676. The van der Waals surface area contributed by atoms with Gasteiger partial charge >= 0.3 is 5.97 Å². The van der Waals surface area contributed by atoms with Crippen LogP contribution in [0.5, 0.6) is 0 Å². The molecule has 2 amide bonds. The fourth-order valence-electron chi connectivity index (χ4n) is 3.88. The number of aryl methyl sites for hydroxylation is 1. The number of esters is 1. The SMILES string of the molecule is Cc1sc(NC(=O)C2CC2)c(C(=O)O[C@@H](C)C(=O)N[C@H]2CCC[C@H](C)[C@@H]2C)c1C. The Kier molecular flexibility index (Phi) is 6.66. The highest BCUT2D eigenvalue weighted by atomic mass is 32.1. The molecule has 1 aromatic rings. The molecule has 0 aromatic carbocycles. The van der Waals surface area contributed by atoms with Gasteiger partial charge in [-0.15, -0.1) is 11.3 Å². The molecule has 2 saturated carbocycles. The molecule has 2 aliphatic rings. The lowest BCUT2D eigenvalue weighted by molar-refractivity contribution is -0.130. The highest BCUT2D eigenvalue weighted by molar-refractivity contribution is 7.16. The summed E-state index contributed by atoms with van der Waals surface area (Å²) in [5.74, 6) is 0.142. The van der Waals surface area contributed by atoms with Crippen LogP contribution < -0.4 is 10.6 Å². The van der Waals surface area contributed by atoms with E-state index in [1.54, 1.807) is 6.92 Å². The summed E-state index contributed by atoms with van der Waals surface area (Å²) >= 11 is 1.37. The molecule has 2 aliphatic carbocycles. The van der Waals surface area contributed by atoms with Gasteiger partial charge < -0.3 is 15.4 Å². The van der Waals surface area contributed by atoms with E-state index in [9.17, 15) is 14.4 Å². The molecule has 2 N–H and O–H groups in total. The number of anilines is 1. The van der Waals surface area contributed by atoms with Crippen molar-refractivity contribution < 1.29 is 19.1 Å². The van der Waals surface area contributed by atoms with Crippen LogP contribution in [0, 0.1) is 31.6 Å². The van der Waals surface area contributed by atoms with Gasteiger partial charge in [0.15, 0.2) is 6.10 Å². The van der Waals surface area contributed by atoms with Crippen LogP contribution in [0.3, 0.4) is 0 Å². The first kappa shape index (κ1) is 21.8. The Balaban J connectivity index is 1.64. The van der Waals surface area contributed by atoms with Crippen molar-refractivity contribution in [2.75, 3.05) is 5.32 Å². The summed E-state index contributed by atoms with van der Waals surface area (Å²) in [5, 5.41) is 6.45. The summed E-state index contributed by atoms with van der Waals surface area (Å²) in [5.41, 5.74) is 1.15. The summed E-state index contributed by atoms with van der Waals surface area (Å²) in [6.07, 6.45) is 4.14. The van der Waals surface area contributed by atoms with Crippen LogP contribution in [-0.2, 0) is 14.3 Å². The normalized spacial score (nSPS) is 25.2. The van der Waals surface area contributed by atoms with E-state index in [1.165, 1.54) is 17.8 Å². The zero-order valence-corrected chi connectivity index (χ0v) is 18.8. The van der Waals surface area contributed by atoms with Crippen LogP contribution in [0.2, 0.25) is 0 Å². The van der Waals surface area contributed by atoms with E-state index in [0.29, 0.717) is 22.4 Å². The highest BCUT2D eigenvalue weighted by Gasteiger charge is 2.33. The Bertz CT molecular complexity index is 799. The van der Waals surface area contributed by atoms with Gasteiger partial charge in [0.05, 0.1) is 5.56 Å². The predicted octanol–water partition coefficient (Wildman–Crippen LogP) is 4.20. The molecule has 1 heterocycles. The lowest BCUT2D eigenvalue weighted by atomic mass is 9.78. The molecule has 0 unspecified atom stereocenters. The molecule has 0 aliphatic heterocycles. The van der Waals surface area contributed by atoms with Gasteiger partial charge in [-0.2, -0.15) is 0 Å². The minimum Gasteiger partial charge on any atom is -0.449 e. The molecule has 0 spiro atoms. The number of nitrogens with one attached hydrogen (secondary N) is 2. The van der Waals surface area contributed by atoms with Crippen LogP contribution in [0.25, 0.3) is 0 Å². The van der Waals surface area contributed by atoms with E-state index in [4.69, 9.17) is 4.74 Å². The van der Waals surface area contributed by atoms with E-state index >= 15 is 0 Å². The molecular weight excluding hydrogens is 388 g/mol. The molecule has 0 saturated heterocycles. The number of ether oxygens (including phenoxy) is 1. The van der Waals surface area contributed by atoms with Crippen LogP contribution in [-0.4, -0.2) is 29.9 Å². The van der Waals surface area contributed by atoms with Crippen molar-refractivity contribution in [1.82, 2.24) is 5.32 Å². The Morgan fingerprint density at radius 2 is 1.79 bits per heavy atom. The third kappa shape index (κ3) is 5.00. The minimum atomic E-state index is -0.890. The third-order valence-corrected chi connectivity index (χ3v) is 7.58. The first-order valence-electron chi connectivity index (χ1n) is 10.6. The predicted molar refractivity (Wildman–Crippen MR) is 114 cm³/mol. The summed E-state index contributed by atoms with van der Waals surface area (Å²) in [6, 6.07) is 0.117. The maximum absolute atomic E-state index is 12.8. The maximum atomic E-state index is 12.8. The van der Waals surface area contributed by atoms with E-state index in [1.807, 2.05) is 13.8 Å². The molecule has 4 atom stereocenters. The molecule has 0 bridgehead atoms. The molecule has 0 radical (unpaired) electrons. The number of amides is 2. The molecule has 6 nitrogen and oxygen atoms in total. The summed E-state index contributed by atoms with van der Waals surface area (Å²) in [7, 11) is 0. The molecule has 1 aromatic heterocycles. The standard InChI is InChI=1S/C22H32N2O4S/c1-11-7-6-8-17(12(11)2)23-19(25)14(4)28-22(27)18-13(3)15(5)29-21(18)24-20(26)16-9-10-16/h11-12,14,16-17H,6-10H2,1-5H3,(H,23,25)(H,24,26)/t11-,12-,14-,17-/m0/s1. The Hall–Kier alpha value is -1.89. The van der Waals surface area contributed by atoms with E-state index in [2.05, 4.69) is 24.5 Å². The van der Waals surface area contributed by atoms with Crippen LogP contribution in [0.1, 0.15) is 73.7 Å². The van der Waals surface area contributed by atoms with Gasteiger partial charge in [-0.3, -0.25) is 9.59 Å². The van der Waals surface area contributed by atoms with Gasteiger partial charge in [0, 0.05) is 16.8 Å². The lowest BCUT2D eigenvalue weighted by Gasteiger charge is -2.35. The van der Waals surface area contributed by atoms with Gasteiger partial charge in [-0.25, -0.2) is 4.79 Å². The van der Waals surface area contributed by atoms with Crippen molar-refractivity contribution in [2.45, 2.75) is 78.9 Å². The molecule has 3 rings (SSSR count). The van der Waals surface area contributed by atoms with Crippen molar-refractivity contribution in [2.24, 2.45) is 17.8 Å². The Labute approximate surface area is 176 Å². The van der Waals surface area contributed by atoms with E-state index < -0.39 is 12.1 Å². The zero-order valence-electron chi connectivity index (χ0n) is 18.0. The lowest BCUT2D eigenvalue weighted by Crippen LogP contribution is -2.47. The van der Waals surface area contributed by atoms with Crippen molar-refractivity contribution in [3.63, 3.8) is 0 Å². The Morgan fingerprint density at radius 3 is 2.45 bits per heavy atom. The molecule has 29 heavy (non-hydrogen) atoms. The first-order valence-corrected chi connectivity index (χ1v) is 11.4. The number of rotatable bonds is 6. The first-order chi connectivity index (χ1) is 13.7. The Morgan fingerprint density at radius 1 is 1.10 bits per heavy atom. The number of carbonyl (C=O) groups is 3. The fraction of sp³-hybridized carbons (Fsp3) is 0.682. The van der Waals surface area contributed by atoms with Crippen molar-refractivity contribution >= 4 is 34.1 Å². The second-order valence-electron chi connectivity index (χ2n) is 8.68. The zero-order chi connectivity index (χ0) is 21.3. The number of hydrogen-bond acceptors (Lipinski definition) is 5. The van der Waals surface area contributed by atoms with Gasteiger partial charge in [-0.05, 0) is 57.4 Å². The number of carbonyl (C=O) groups excluding carboxylic acids is 3. The molecule has 7 heteroatoms. The second-order valence-corrected chi connectivity index (χ2v) is 9.91. The third-order valence-electron chi connectivity index (χ3n) is 6.46. The number of thiophene rings is 1. The van der Waals surface area contributed by atoms with E-state index in [0.717, 1.165) is 36.1 Å². The minimum absolute atomic E-state index is 0.0474. The average Bonchev–Trinajstić information content (AvgIpc) is 3.46. The van der Waals surface area contributed by atoms with Crippen molar-refractivity contribution in [3.8, 4) is 0 Å². The van der Waals surface area contributed by atoms with Gasteiger partial charge in [0.1, 0.15) is 5.00 Å². The molecule has 160 valence electrons. The van der Waals surface area contributed by atoms with Crippen LogP contribution in [0.15, 0.2) is 0 Å². The summed E-state index contributed by atoms with van der Waals surface area (Å²) in [6.45, 7) is 9.72. The fourth-order valence-corrected chi connectivity index (χ4v) is 4.93.